The second-order valence-electron chi connectivity index (χ2n) is 6.38. The van der Waals surface area contributed by atoms with Gasteiger partial charge in [-0.3, -0.25) is 4.79 Å². The summed E-state index contributed by atoms with van der Waals surface area (Å²) in [5.74, 6) is -1.19. The maximum atomic E-state index is 11.9. The number of nitrogens with one attached hydrogen (secondary N) is 1. The van der Waals surface area contributed by atoms with Crippen LogP contribution >= 0.6 is 0 Å². The molecule has 0 fully saturated rings. The summed E-state index contributed by atoms with van der Waals surface area (Å²) < 4.78 is 10.1. The van der Waals surface area contributed by atoms with Crippen molar-refractivity contribution in [3.8, 4) is 0 Å². The summed E-state index contributed by atoms with van der Waals surface area (Å²) in [5, 5.41) is 12.9. The molecule has 6 nitrogen and oxygen atoms in total. The van der Waals surface area contributed by atoms with Crippen molar-refractivity contribution < 1.29 is 24.2 Å². The molecule has 1 aliphatic carbocycles. The smallest absolute Gasteiger partial charge is 0.408 e. The van der Waals surface area contributed by atoms with Gasteiger partial charge in [0, 0.05) is 0 Å². The number of esters is 1. The molecular formula is C15H25NO5. The van der Waals surface area contributed by atoms with E-state index in [2.05, 4.69) is 5.32 Å². The summed E-state index contributed by atoms with van der Waals surface area (Å²) in [6, 6.07) is -0.380. The Morgan fingerprint density at radius 3 is 2.57 bits per heavy atom. The molecule has 0 heterocycles. The monoisotopic (exact) mass is 299 g/mol. The van der Waals surface area contributed by atoms with E-state index in [0.29, 0.717) is 0 Å². The molecule has 3 atom stereocenters. The maximum absolute atomic E-state index is 11.9. The fraction of sp³-hybridized carbons (Fsp3) is 0.733. The van der Waals surface area contributed by atoms with Crippen LogP contribution in [0.4, 0.5) is 4.79 Å². The highest BCUT2D eigenvalue weighted by molar-refractivity contribution is 5.75. The van der Waals surface area contributed by atoms with Crippen LogP contribution in [0.15, 0.2) is 12.2 Å². The van der Waals surface area contributed by atoms with Crippen molar-refractivity contribution >= 4 is 12.1 Å². The van der Waals surface area contributed by atoms with Crippen molar-refractivity contribution in [1.82, 2.24) is 5.32 Å². The third-order valence-corrected chi connectivity index (χ3v) is 3.13. The van der Waals surface area contributed by atoms with Crippen LogP contribution in [0.3, 0.4) is 0 Å². The molecule has 2 N–H and O–H groups in total. The number of carbonyl (C=O) groups excluding carboxylic acids is 2. The predicted octanol–water partition coefficient (Wildman–Crippen LogP) is 1.77. The maximum Gasteiger partial charge on any atom is 0.408 e. The van der Waals surface area contributed by atoms with Crippen molar-refractivity contribution in [1.29, 1.82) is 0 Å². The number of ether oxygens (including phenoxy) is 2. The molecule has 21 heavy (non-hydrogen) atoms. The second-order valence-corrected chi connectivity index (χ2v) is 6.38. The number of carbonyl (C=O) groups is 2. The van der Waals surface area contributed by atoms with Gasteiger partial charge in [-0.15, -0.1) is 0 Å². The lowest BCUT2D eigenvalue weighted by atomic mass is 9.79. The van der Waals surface area contributed by atoms with Crippen LogP contribution in [0, 0.1) is 5.92 Å². The van der Waals surface area contributed by atoms with Gasteiger partial charge in [0.25, 0.3) is 0 Å². The molecule has 1 rings (SSSR count). The zero-order chi connectivity index (χ0) is 16.3. The Kier molecular flexibility index (Phi) is 5.39. The molecule has 1 amide bonds. The van der Waals surface area contributed by atoms with Gasteiger partial charge in [-0.2, -0.15) is 0 Å². The first-order chi connectivity index (χ1) is 9.55. The number of rotatable bonds is 3. The Morgan fingerprint density at radius 2 is 2.05 bits per heavy atom. The summed E-state index contributed by atoms with van der Waals surface area (Å²) in [6.07, 6.45) is 2.89. The third-order valence-electron chi connectivity index (χ3n) is 3.13. The summed E-state index contributed by atoms with van der Waals surface area (Å²) in [4.78, 5) is 23.7. The second kappa shape index (κ2) is 6.47. The van der Waals surface area contributed by atoms with Crippen molar-refractivity contribution in [3.63, 3.8) is 0 Å². The highest BCUT2D eigenvalue weighted by Gasteiger charge is 2.41. The van der Waals surface area contributed by atoms with E-state index in [1.807, 2.05) is 0 Å². The molecule has 0 aromatic heterocycles. The molecule has 0 spiro atoms. The van der Waals surface area contributed by atoms with Crippen LogP contribution in [-0.2, 0) is 14.3 Å². The van der Waals surface area contributed by atoms with E-state index in [1.165, 1.54) is 6.08 Å². The van der Waals surface area contributed by atoms with E-state index >= 15 is 0 Å². The lowest BCUT2D eigenvalue weighted by molar-refractivity contribution is -0.155. The number of hydrogen-bond acceptors (Lipinski definition) is 5. The van der Waals surface area contributed by atoms with Gasteiger partial charge in [0.1, 0.15) is 5.60 Å². The van der Waals surface area contributed by atoms with Crippen LogP contribution in [0.2, 0.25) is 0 Å². The first kappa shape index (κ1) is 17.5. The lowest BCUT2D eigenvalue weighted by Gasteiger charge is -2.35. The number of aliphatic hydroxyl groups is 1. The zero-order valence-corrected chi connectivity index (χ0v) is 13.3. The van der Waals surface area contributed by atoms with Gasteiger partial charge in [0.05, 0.1) is 24.2 Å². The van der Waals surface area contributed by atoms with Crippen molar-refractivity contribution in [2.75, 3.05) is 6.61 Å². The van der Waals surface area contributed by atoms with Crippen LogP contribution < -0.4 is 5.32 Å². The molecular weight excluding hydrogens is 274 g/mol. The first-order valence-electron chi connectivity index (χ1n) is 7.13. The van der Waals surface area contributed by atoms with Crippen LogP contribution in [0.25, 0.3) is 0 Å². The fourth-order valence-corrected chi connectivity index (χ4v) is 2.14. The van der Waals surface area contributed by atoms with E-state index in [4.69, 9.17) is 9.47 Å². The molecule has 0 saturated heterocycles. The van der Waals surface area contributed by atoms with E-state index in [-0.39, 0.29) is 19.1 Å². The molecule has 1 aliphatic rings. The van der Waals surface area contributed by atoms with Gasteiger partial charge < -0.3 is 19.9 Å². The highest BCUT2D eigenvalue weighted by Crippen LogP contribution is 2.30. The Hall–Kier alpha value is -1.56. The van der Waals surface area contributed by atoms with E-state index in [0.717, 1.165) is 0 Å². The van der Waals surface area contributed by atoms with E-state index in [9.17, 15) is 14.7 Å². The first-order valence-corrected chi connectivity index (χ1v) is 7.13. The van der Waals surface area contributed by atoms with Crippen molar-refractivity contribution in [3.05, 3.63) is 12.2 Å². The van der Waals surface area contributed by atoms with Gasteiger partial charge in [0.15, 0.2) is 0 Å². The number of hydrogen-bond donors (Lipinski definition) is 2. The normalized spacial score (nSPS) is 28.9. The van der Waals surface area contributed by atoms with E-state index in [1.54, 1.807) is 40.7 Å². The minimum Gasteiger partial charge on any atom is -0.466 e. The van der Waals surface area contributed by atoms with Crippen molar-refractivity contribution in [2.24, 2.45) is 5.92 Å². The standard InChI is InChI=1S/C15H25NO5/c1-6-20-12(17)11-9-10(7-8-15(11,5)19)16-13(18)21-14(2,3)4/h7-8,10-11,19H,6,9H2,1-5H3,(H,16,18)/t10-,11?,15-/m1/s1. The van der Waals surface area contributed by atoms with Crippen LogP contribution in [-0.4, -0.2) is 41.0 Å². The Morgan fingerprint density at radius 1 is 1.43 bits per heavy atom. The molecule has 0 aromatic rings. The number of amides is 1. The number of alkyl carbamates (subject to hydrolysis) is 1. The third kappa shape index (κ3) is 5.38. The zero-order valence-electron chi connectivity index (χ0n) is 13.3. The molecule has 120 valence electrons. The largest absolute Gasteiger partial charge is 0.466 e. The topological polar surface area (TPSA) is 84.9 Å². The predicted molar refractivity (Wildman–Crippen MR) is 77.7 cm³/mol. The SMILES string of the molecule is CCOC(=O)C1C[C@H](NC(=O)OC(C)(C)C)C=C[C@@]1(C)O. The van der Waals surface area contributed by atoms with Gasteiger partial charge in [0.2, 0.25) is 0 Å². The average Bonchev–Trinajstić information content (AvgIpc) is 2.29. The van der Waals surface area contributed by atoms with Crippen LogP contribution in [0.5, 0.6) is 0 Å². The minimum atomic E-state index is -1.28. The molecule has 0 saturated carbocycles. The fourth-order valence-electron chi connectivity index (χ4n) is 2.14. The lowest BCUT2D eigenvalue weighted by Crippen LogP contribution is -2.48. The summed E-state index contributed by atoms with van der Waals surface area (Å²) in [6.45, 7) is 8.83. The summed E-state index contributed by atoms with van der Waals surface area (Å²) in [5.41, 5.74) is -1.87. The molecule has 0 aromatic carbocycles. The van der Waals surface area contributed by atoms with Gasteiger partial charge in [-0.1, -0.05) is 12.2 Å². The molecule has 6 heteroatoms. The van der Waals surface area contributed by atoms with Crippen molar-refractivity contribution in [2.45, 2.75) is 58.3 Å². The molecule has 0 bridgehead atoms. The summed E-state index contributed by atoms with van der Waals surface area (Å²) in [7, 11) is 0. The van der Waals surface area contributed by atoms with E-state index < -0.39 is 29.2 Å². The minimum absolute atomic E-state index is 0.249. The quantitative estimate of drug-likeness (QED) is 0.613. The Labute approximate surface area is 125 Å². The van der Waals surface area contributed by atoms with Crippen LogP contribution in [0.1, 0.15) is 41.0 Å². The summed E-state index contributed by atoms with van der Waals surface area (Å²) >= 11 is 0. The molecule has 0 aliphatic heterocycles. The molecule has 0 radical (unpaired) electrons. The van der Waals surface area contributed by atoms with Gasteiger partial charge in [-0.05, 0) is 41.0 Å². The molecule has 1 unspecified atom stereocenters. The van der Waals surface area contributed by atoms with Gasteiger partial charge >= 0.3 is 12.1 Å². The Balaban J connectivity index is 2.71. The van der Waals surface area contributed by atoms with Gasteiger partial charge in [-0.25, -0.2) is 4.79 Å². The Bertz CT molecular complexity index is 422. The highest BCUT2D eigenvalue weighted by atomic mass is 16.6. The average molecular weight is 299 g/mol.